The summed E-state index contributed by atoms with van der Waals surface area (Å²) in [5, 5.41) is 0. The highest BCUT2D eigenvalue weighted by molar-refractivity contribution is 7.80. The van der Waals surface area contributed by atoms with Gasteiger partial charge in [-0.25, -0.2) is 0 Å². The molecule has 0 spiro atoms. The number of hydrogen-bond donors (Lipinski definition) is 1. The van der Waals surface area contributed by atoms with Crippen LogP contribution in [0.25, 0.3) is 0 Å². The monoisotopic (exact) mass is 284 g/mol. The van der Waals surface area contributed by atoms with Gasteiger partial charge in [0.2, 0.25) is 0 Å². The molecule has 19 heavy (non-hydrogen) atoms. The van der Waals surface area contributed by atoms with Crippen molar-refractivity contribution in [1.29, 1.82) is 0 Å². The average molecular weight is 284 g/mol. The SMILES string of the molecule is CN1CCN(CCN2CCC(C)(C(N)=S)CC2)CC1. The zero-order chi connectivity index (χ0) is 13.9. The van der Waals surface area contributed by atoms with E-state index in [4.69, 9.17) is 18.0 Å². The standard InChI is InChI=1S/C14H28N4S/c1-14(13(15)19)3-5-17(6-4-14)11-12-18-9-7-16(2)8-10-18/h3-12H2,1-2H3,(H2,15,19). The lowest BCUT2D eigenvalue weighted by Crippen LogP contribution is -2.49. The summed E-state index contributed by atoms with van der Waals surface area (Å²) in [6.07, 6.45) is 2.23. The summed E-state index contributed by atoms with van der Waals surface area (Å²) in [6, 6.07) is 0. The first-order chi connectivity index (χ1) is 8.99. The summed E-state index contributed by atoms with van der Waals surface area (Å²) in [6.45, 7) is 11.7. The van der Waals surface area contributed by atoms with E-state index in [1.165, 1.54) is 39.3 Å². The van der Waals surface area contributed by atoms with Gasteiger partial charge >= 0.3 is 0 Å². The molecule has 0 unspecified atom stereocenters. The number of thiocarbonyl (C=S) groups is 1. The molecular weight excluding hydrogens is 256 g/mol. The molecule has 2 aliphatic heterocycles. The van der Waals surface area contributed by atoms with Crippen molar-refractivity contribution in [2.75, 3.05) is 59.4 Å². The van der Waals surface area contributed by atoms with Crippen molar-refractivity contribution in [3.8, 4) is 0 Å². The summed E-state index contributed by atoms with van der Waals surface area (Å²) in [7, 11) is 2.21. The van der Waals surface area contributed by atoms with E-state index in [9.17, 15) is 0 Å². The van der Waals surface area contributed by atoms with Crippen molar-refractivity contribution >= 4 is 17.2 Å². The van der Waals surface area contributed by atoms with Gasteiger partial charge in [-0.3, -0.25) is 4.90 Å². The fourth-order valence-electron chi connectivity index (χ4n) is 2.87. The summed E-state index contributed by atoms with van der Waals surface area (Å²) < 4.78 is 0. The van der Waals surface area contributed by atoms with Crippen LogP contribution >= 0.6 is 12.2 Å². The molecule has 5 heteroatoms. The zero-order valence-corrected chi connectivity index (χ0v) is 13.2. The molecule has 2 heterocycles. The first kappa shape index (κ1) is 15.2. The Kier molecular flexibility index (Phi) is 5.17. The van der Waals surface area contributed by atoms with Crippen LogP contribution in [0, 0.1) is 5.41 Å². The number of piperidine rings is 1. The van der Waals surface area contributed by atoms with Crippen molar-refractivity contribution in [3.05, 3.63) is 0 Å². The van der Waals surface area contributed by atoms with Crippen LogP contribution in [-0.2, 0) is 0 Å². The van der Waals surface area contributed by atoms with E-state index >= 15 is 0 Å². The van der Waals surface area contributed by atoms with Crippen molar-refractivity contribution in [2.45, 2.75) is 19.8 Å². The van der Waals surface area contributed by atoms with Crippen LogP contribution in [0.2, 0.25) is 0 Å². The lowest BCUT2D eigenvalue weighted by Gasteiger charge is -2.40. The average Bonchev–Trinajstić information content (AvgIpc) is 2.40. The molecule has 2 rings (SSSR count). The molecule has 0 aromatic heterocycles. The minimum atomic E-state index is 0.0969. The van der Waals surface area contributed by atoms with E-state index in [1.807, 2.05) is 0 Å². The van der Waals surface area contributed by atoms with Crippen molar-refractivity contribution in [2.24, 2.45) is 11.1 Å². The number of hydrogen-bond acceptors (Lipinski definition) is 4. The van der Waals surface area contributed by atoms with Gasteiger partial charge in [0.15, 0.2) is 0 Å². The molecule has 0 saturated carbocycles. The second-order valence-electron chi connectivity index (χ2n) is 6.41. The van der Waals surface area contributed by atoms with Gasteiger partial charge in [0.25, 0.3) is 0 Å². The first-order valence-corrected chi connectivity index (χ1v) is 7.84. The van der Waals surface area contributed by atoms with Crippen LogP contribution in [0.4, 0.5) is 0 Å². The molecule has 4 nitrogen and oxygen atoms in total. The van der Waals surface area contributed by atoms with Gasteiger partial charge < -0.3 is 15.5 Å². The van der Waals surface area contributed by atoms with Crippen LogP contribution in [-0.4, -0.2) is 79.1 Å². The van der Waals surface area contributed by atoms with E-state index < -0.39 is 0 Å². The van der Waals surface area contributed by atoms with Gasteiger partial charge in [-0.15, -0.1) is 0 Å². The predicted octanol–water partition coefficient (Wildman–Crippen LogP) is 0.622. The van der Waals surface area contributed by atoms with Crippen LogP contribution in [0.3, 0.4) is 0 Å². The molecule has 110 valence electrons. The Morgan fingerprint density at radius 1 is 1.00 bits per heavy atom. The van der Waals surface area contributed by atoms with Gasteiger partial charge in [-0.1, -0.05) is 19.1 Å². The zero-order valence-electron chi connectivity index (χ0n) is 12.4. The molecule has 0 bridgehead atoms. The topological polar surface area (TPSA) is 35.7 Å². The number of rotatable bonds is 4. The van der Waals surface area contributed by atoms with E-state index in [-0.39, 0.29) is 5.41 Å². The maximum Gasteiger partial charge on any atom is 0.0788 e. The highest BCUT2D eigenvalue weighted by Gasteiger charge is 2.32. The molecule has 2 N–H and O–H groups in total. The summed E-state index contributed by atoms with van der Waals surface area (Å²) in [4.78, 5) is 8.26. The van der Waals surface area contributed by atoms with Crippen molar-refractivity contribution in [1.82, 2.24) is 14.7 Å². The number of likely N-dealkylation sites (N-methyl/N-ethyl adjacent to an activating group) is 1. The third-order valence-corrected chi connectivity index (χ3v) is 5.38. The van der Waals surface area contributed by atoms with E-state index in [0.717, 1.165) is 25.9 Å². The van der Waals surface area contributed by atoms with E-state index in [2.05, 4.69) is 28.7 Å². The lowest BCUT2D eigenvalue weighted by atomic mass is 9.80. The fraction of sp³-hybridized carbons (Fsp3) is 0.929. The molecule has 0 aliphatic carbocycles. The quantitative estimate of drug-likeness (QED) is 0.766. The molecular formula is C14H28N4S. The van der Waals surface area contributed by atoms with Crippen LogP contribution in [0.15, 0.2) is 0 Å². The second kappa shape index (κ2) is 6.48. The van der Waals surface area contributed by atoms with Crippen LogP contribution < -0.4 is 5.73 Å². The molecule has 0 amide bonds. The molecule has 2 aliphatic rings. The maximum absolute atomic E-state index is 5.85. The van der Waals surface area contributed by atoms with Crippen molar-refractivity contribution in [3.63, 3.8) is 0 Å². The van der Waals surface area contributed by atoms with Crippen LogP contribution in [0.5, 0.6) is 0 Å². The first-order valence-electron chi connectivity index (χ1n) is 7.43. The number of nitrogens with two attached hydrogens (primary N) is 1. The van der Waals surface area contributed by atoms with Gasteiger partial charge in [0.1, 0.15) is 0 Å². The second-order valence-corrected chi connectivity index (χ2v) is 6.85. The lowest BCUT2D eigenvalue weighted by molar-refractivity contribution is 0.113. The van der Waals surface area contributed by atoms with Gasteiger partial charge in [0, 0.05) is 44.7 Å². The Balaban J connectivity index is 1.67. The Morgan fingerprint density at radius 2 is 1.47 bits per heavy atom. The Labute approximate surface area is 122 Å². The molecule has 0 aromatic carbocycles. The molecule has 0 atom stereocenters. The maximum atomic E-state index is 5.85. The summed E-state index contributed by atoms with van der Waals surface area (Å²) in [5.41, 5.74) is 5.95. The number of piperazine rings is 1. The molecule has 0 radical (unpaired) electrons. The predicted molar refractivity (Wildman–Crippen MR) is 84.5 cm³/mol. The largest absolute Gasteiger partial charge is 0.393 e. The normalized spacial score (nSPS) is 26.4. The van der Waals surface area contributed by atoms with Gasteiger partial charge in [0.05, 0.1) is 4.99 Å². The van der Waals surface area contributed by atoms with Crippen molar-refractivity contribution < 1.29 is 0 Å². The minimum Gasteiger partial charge on any atom is -0.393 e. The Morgan fingerprint density at radius 3 is 1.95 bits per heavy atom. The van der Waals surface area contributed by atoms with Gasteiger partial charge in [-0.05, 0) is 33.0 Å². The van der Waals surface area contributed by atoms with Gasteiger partial charge in [-0.2, -0.15) is 0 Å². The van der Waals surface area contributed by atoms with Crippen LogP contribution in [0.1, 0.15) is 19.8 Å². The van der Waals surface area contributed by atoms with E-state index in [1.54, 1.807) is 0 Å². The summed E-state index contributed by atoms with van der Waals surface area (Å²) in [5.74, 6) is 0. The smallest absolute Gasteiger partial charge is 0.0788 e. The summed E-state index contributed by atoms with van der Waals surface area (Å²) >= 11 is 5.19. The third-order valence-electron chi connectivity index (χ3n) is 4.88. The molecule has 2 fully saturated rings. The highest BCUT2D eigenvalue weighted by Crippen LogP contribution is 2.30. The highest BCUT2D eigenvalue weighted by atomic mass is 32.1. The number of likely N-dealkylation sites (tertiary alicyclic amines) is 1. The molecule has 0 aromatic rings. The Hall–Kier alpha value is -0.230. The Bertz CT molecular complexity index is 305. The number of nitrogens with zero attached hydrogens (tertiary/aromatic N) is 3. The molecule has 2 saturated heterocycles. The minimum absolute atomic E-state index is 0.0969. The fourth-order valence-corrected chi connectivity index (χ4v) is 3.08. The third kappa shape index (κ3) is 4.12. The van der Waals surface area contributed by atoms with E-state index in [0.29, 0.717) is 4.99 Å².